The van der Waals surface area contributed by atoms with Gasteiger partial charge in [-0.05, 0) is 91.9 Å². The van der Waals surface area contributed by atoms with Crippen LogP contribution in [-0.2, 0) is 26.0 Å². The number of carbonyl (C=O) groups excluding carboxylic acids is 3. The molecule has 4 rings (SSSR count). The van der Waals surface area contributed by atoms with Gasteiger partial charge >= 0.3 is 6.09 Å². The van der Waals surface area contributed by atoms with E-state index in [-0.39, 0.29) is 36.2 Å². The van der Waals surface area contributed by atoms with Crippen molar-refractivity contribution in [2.24, 2.45) is 5.92 Å². The van der Waals surface area contributed by atoms with Crippen LogP contribution in [0.5, 0.6) is 0 Å². The molecule has 1 aliphatic rings. The number of amides is 2. The number of ketones is 1. The van der Waals surface area contributed by atoms with Crippen LogP contribution in [0.15, 0.2) is 77.7 Å². The van der Waals surface area contributed by atoms with Crippen molar-refractivity contribution < 1.29 is 32.6 Å². The molecule has 0 saturated carbocycles. The fourth-order valence-electron chi connectivity index (χ4n) is 4.76. The van der Waals surface area contributed by atoms with Gasteiger partial charge in [0, 0.05) is 30.0 Å². The first-order valence-corrected chi connectivity index (χ1v) is 15.8. The maximum absolute atomic E-state index is 13.5. The van der Waals surface area contributed by atoms with Gasteiger partial charge in [0.05, 0.1) is 23.2 Å². The Labute approximate surface area is 257 Å². The Bertz CT molecular complexity index is 1590. The first-order valence-electron chi connectivity index (χ1n) is 14.4. The molecule has 12 heteroatoms. The highest BCUT2D eigenvalue weighted by molar-refractivity contribution is 7.92. The van der Waals surface area contributed by atoms with Gasteiger partial charge in [-0.2, -0.15) is 0 Å². The lowest BCUT2D eigenvalue weighted by Gasteiger charge is -2.27. The van der Waals surface area contributed by atoms with Gasteiger partial charge in [-0.3, -0.25) is 18.8 Å². The number of anilines is 3. The number of rotatable bonds is 13. The summed E-state index contributed by atoms with van der Waals surface area (Å²) in [5.41, 5.74) is 8.57. The normalized spacial score (nSPS) is 15.6. The Hall–Kier alpha value is -4.42. The zero-order valence-corrected chi connectivity index (χ0v) is 25.8. The van der Waals surface area contributed by atoms with Crippen molar-refractivity contribution in [2.75, 3.05) is 34.6 Å². The number of nitrogen functional groups attached to an aromatic ring is 1. The number of nitrogens with zero attached hydrogens (tertiary/aromatic N) is 2. The fourth-order valence-corrected chi connectivity index (χ4v) is 6.38. The highest BCUT2D eigenvalue weighted by Crippen LogP contribution is 2.27. The number of ether oxygens (including phenoxy) is 1. The number of cyclic esters (lactones) is 1. The Morgan fingerprint density at radius 1 is 1.09 bits per heavy atom. The van der Waals surface area contributed by atoms with Gasteiger partial charge in [0.2, 0.25) is 0 Å². The van der Waals surface area contributed by atoms with Gasteiger partial charge in [-0.15, -0.1) is 0 Å². The molecule has 44 heavy (non-hydrogen) atoms. The second-order valence-corrected chi connectivity index (χ2v) is 13.1. The molecule has 1 heterocycles. The van der Waals surface area contributed by atoms with Gasteiger partial charge < -0.3 is 20.9 Å². The van der Waals surface area contributed by atoms with Crippen molar-refractivity contribution in [3.05, 3.63) is 83.9 Å². The van der Waals surface area contributed by atoms with Crippen molar-refractivity contribution in [1.29, 1.82) is 0 Å². The lowest BCUT2D eigenvalue weighted by molar-refractivity contribution is -0.128. The molecule has 3 aromatic rings. The number of aryl methyl sites for hydroxylation is 1. The van der Waals surface area contributed by atoms with Crippen molar-refractivity contribution in [3.8, 4) is 0 Å². The number of aliphatic hydroxyl groups excluding tert-OH is 1. The zero-order valence-electron chi connectivity index (χ0n) is 25.0. The van der Waals surface area contributed by atoms with Crippen molar-refractivity contribution >= 4 is 44.9 Å². The molecule has 0 bridgehead atoms. The predicted octanol–water partition coefficient (Wildman–Crippen LogP) is 3.76. The Morgan fingerprint density at radius 2 is 1.77 bits per heavy atom. The van der Waals surface area contributed by atoms with Crippen LogP contribution in [0.4, 0.5) is 21.9 Å². The van der Waals surface area contributed by atoms with E-state index in [0.717, 1.165) is 5.56 Å². The minimum atomic E-state index is -3.84. The summed E-state index contributed by atoms with van der Waals surface area (Å²) >= 11 is 0. The number of nitrogens with two attached hydrogens (primary N) is 1. The van der Waals surface area contributed by atoms with Crippen LogP contribution in [0.1, 0.15) is 43.1 Å². The lowest BCUT2D eigenvalue weighted by atomic mass is 10.1. The largest absolute Gasteiger partial charge is 0.434 e. The number of Topliss-reactive ketones (excluding diaryl/α,β-unsaturated/α-hetero) is 1. The maximum Gasteiger partial charge on any atom is 0.415 e. The molecule has 0 spiro atoms. The maximum atomic E-state index is 13.5. The van der Waals surface area contributed by atoms with E-state index in [1.165, 1.54) is 28.3 Å². The summed E-state index contributed by atoms with van der Waals surface area (Å²) < 4.78 is 33.7. The second-order valence-electron chi connectivity index (χ2n) is 11.2. The van der Waals surface area contributed by atoms with Gasteiger partial charge in [0.25, 0.3) is 15.9 Å². The number of hydrogen-bond donors (Lipinski definition) is 3. The van der Waals surface area contributed by atoms with Crippen LogP contribution in [0.2, 0.25) is 0 Å². The summed E-state index contributed by atoms with van der Waals surface area (Å²) in [5, 5.41) is 13.2. The van der Waals surface area contributed by atoms with E-state index < -0.39 is 34.2 Å². The van der Waals surface area contributed by atoms with E-state index in [4.69, 9.17) is 10.5 Å². The molecule has 1 aliphatic heterocycles. The van der Waals surface area contributed by atoms with E-state index in [2.05, 4.69) is 5.32 Å². The SMILES string of the molecule is CC(=O)c1ccc(N2C[C@@H](C(=O)NC[C@@H](O)CCc3cccc(N(CC(C)C)S(=O)(=O)c4ccc(N)cc4)c3)OC2=O)cc1. The number of nitrogens with one attached hydrogen (secondary N) is 1. The van der Waals surface area contributed by atoms with Crippen LogP contribution in [0, 0.1) is 5.92 Å². The van der Waals surface area contributed by atoms with E-state index >= 15 is 0 Å². The summed E-state index contributed by atoms with van der Waals surface area (Å²) in [6.45, 7) is 5.55. The van der Waals surface area contributed by atoms with E-state index in [1.807, 2.05) is 19.9 Å². The molecule has 0 radical (unpaired) electrons. The summed E-state index contributed by atoms with van der Waals surface area (Å²) in [6.07, 6.45) is -1.87. The molecular formula is C32H38N4O7S. The van der Waals surface area contributed by atoms with Crippen LogP contribution >= 0.6 is 0 Å². The number of sulfonamides is 1. The molecule has 0 aliphatic carbocycles. The minimum absolute atomic E-state index is 0.000870. The summed E-state index contributed by atoms with van der Waals surface area (Å²) in [4.78, 5) is 38.0. The minimum Gasteiger partial charge on any atom is -0.434 e. The van der Waals surface area contributed by atoms with Gasteiger partial charge in [0.1, 0.15) is 0 Å². The van der Waals surface area contributed by atoms with Crippen molar-refractivity contribution in [2.45, 2.75) is 50.7 Å². The van der Waals surface area contributed by atoms with E-state index in [0.29, 0.717) is 35.5 Å². The lowest BCUT2D eigenvalue weighted by Crippen LogP contribution is -2.41. The molecule has 1 fully saturated rings. The third-order valence-electron chi connectivity index (χ3n) is 7.17. The van der Waals surface area contributed by atoms with Gasteiger partial charge in [0.15, 0.2) is 11.9 Å². The molecule has 11 nitrogen and oxygen atoms in total. The van der Waals surface area contributed by atoms with Gasteiger partial charge in [-0.1, -0.05) is 26.0 Å². The first-order chi connectivity index (χ1) is 20.8. The molecule has 1 saturated heterocycles. The Balaban J connectivity index is 1.33. The summed E-state index contributed by atoms with van der Waals surface area (Å²) in [6, 6.07) is 19.7. The third kappa shape index (κ3) is 7.94. The van der Waals surface area contributed by atoms with Crippen LogP contribution in [0.25, 0.3) is 0 Å². The Morgan fingerprint density at radius 3 is 2.41 bits per heavy atom. The number of benzene rings is 3. The molecule has 4 N–H and O–H groups in total. The van der Waals surface area contributed by atoms with E-state index in [9.17, 15) is 27.9 Å². The smallest absolute Gasteiger partial charge is 0.415 e. The molecular weight excluding hydrogens is 584 g/mol. The van der Waals surface area contributed by atoms with Crippen LogP contribution in [0.3, 0.4) is 0 Å². The molecule has 0 aromatic heterocycles. The molecule has 0 unspecified atom stereocenters. The van der Waals surface area contributed by atoms with Crippen molar-refractivity contribution in [1.82, 2.24) is 5.32 Å². The van der Waals surface area contributed by atoms with Crippen LogP contribution in [-0.4, -0.2) is 63.2 Å². The first kappa shape index (κ1) is 32.5. The van der Waals surface area contributed by atoms with Crippen molar-refractivity contribution in [3.63, 3.8) is 0 Å². The van der Waals surface area contributed by atoms with Gasteiger partial charge in [-0.25, -0.2) is 13.2 Å². The highest BCUT2D eigenvalue weighted by Gasteiger charge is 2.37. The second kappa shape index (κ2) is 13.9. The average molecular weight is 623 g/mol. The summed E-state index contributed by atoms with van der Waals surface area (Å²) in [7, 11) is -3.84. The predicted molar refractivity (Wildman–Crippen MR) is 168 cm³/mol. The number of hydrogen-bond acceptors (Lipinski definition) is 8. The Kier molecular flexibility index (Phi) is 10.3. The standard InChI is InChI=1S/C32H38N4O7S/c1-21(2)19-36(44(41,42)29-15-10-25(33)11-16-29)27-6-4-5-23(17-27)7-14-28(38)18-34-31(39)30-20-35(32(40)43-30)26-12-8-24(9-13-26)22(3)37/h4-6,8-13,15-17,21,28,30,38H,7,14,18-20,33H2,1-3H3,(H,34,39)/t28-,30-/m0/s1. The van der Waals surface area contributed by atoms with E-state index in [1.54, 1.807) is 54.6 Å². The number of carbonyl (C=O) groups is 3. The molecule has 234 valence electrons. The third-order valence-corrected chi connectivity index (χ3v) is 8.97. The van der Waals surface area contributed by atoms with Crippen LogP contribution < -0.4 is 20.3 Å². The molecule has 3 aromatic carbocycles. The summed E-state index contributed by atoms with van der Waals surface area (Å²) in [5.74, 6) is -0.565. The highest BCUT2D eigenvalue weighted by atomic mass is 32.2. The zero-order chi connectivity index (χ0) is 32.0. The molecule has 2 atom stereocenters. The monoisotopic (exact) mass is 622 g/mol. The fraction of sp³-hybridized carbons (Fsp3) is 0.344. The quantitative estimate of drug-likeness (QED) is 0.192. The topological polar surface area (TPSA) is 159 Å². The molecule has 2 amide bonds. The average Bonchev–Trinajstić information content (AvgIpc) is 3.39. The number of aliphatic hydroxyl groups is 1.